The van der Waals surface area contributed by atoms with Crippen molar-refractivity contribution in [3.05, 3.63) is 29.8 Å². The predicted molar refractivity (Wildman–Crippen MR) is 80.9 cm³/mol. The van der Waals surface area contributed by atoms with Gasteiger partial charge >= 0.3 is 0 Å². The number of rotatable bonds is 5. The average Bonchev–Trinajstić information content (AvgIpc) is 2.39. The lowest BCUT2D eigenvalue weighted by atomic mass is 9.87. The standard InChI is InChI=1S/C17H26FNO/c1-13(2)20-16-9-6-7-14(11-16)17(3,18)12-15-8-4-5-10-19-15/h6-7,9,11,13,15,19H,4-5,8,10,12H2,1-3H3. The molecule has 1 heterocycles. The highest BCUT2D eigenvalue weighted by Gasteiger charge is 2.30. The van der Waals surface area contributed by atoms with E-state index in [0.29, 0.717) is 12.0 Å². The molecule has 0 bridgehead atoms. The molecular formula is C17H26FNO. The Hall–Kier alpha value is -1.09. The van der Waals surface area contributed by atoms with Crippen molar-refractivity contribution in [3.63, 3.8) is 0 Å². The van der Waals surface area contributed by atoms with Gasteiger partial charge in [-0.25, -0.2) is 4.39 Å². The minimum absolute atomic E-state index is 0.108. The first-order chi connectivity index (χ1) is 9.47. The van der Waals surface area contributed by atoms with Crippen molar-refractivity contribution in [2.45, 2.75) is 64.3 Å². The summed E-state index contributed by atoms with van der Waals surface area (Å²) >= 11 is 0. The second-order valence-corrected chi connectivity index (χ2v) is 6.24. The summed E-state index contributed by atoms with van der Waals surface area (Å²) in [5.41, 5.74) is -0.603. The number of ether oxygens (including phenoxy) is 1. The van der Waals surface area contributed by atoms with Crippen LogP contribution in [0.4, 0.5) is 4.39 Å². The summed E-state index contributed by atoms with van der Waals surface area (Å²) in [6.45, 7) is 6.65. The fourth-order valence-electron chi connectivity index (χ4n) is 2.84. The summed E-state index contributed by atoms with van der Waals surface area (Å²) in [5.74, 6) is 0.748. The number of hydrogen-bond donors (Lipinski definition) is 1. The van der Waals surface area contributed by atoms with Crippen LogP contribution in [0.2, 0.25) is 0 Å². The first-order valence-electron chi connectivity index (χ1n) is 7.67. The SMILES string of the molecule is CC(C)Oc1cccc(C(C)(F)CC2CCCCN2)c1. The molecular weight excluding hydrogens is 253 g/mol. The van der Waals surface area contributed by atoms with Gasteiger partial charge in [0.05, 0.1) is 6.10 Å². The third-order valence-corrected chi connectivity index (χ3v) is 3.85. The van der Waals surface area contributed by atoms with E-state index in [4.69, 9.17) is 4.74 Å². The fourth-order valence-corrected chi connectivity index (χ4v) is 2.84. The maximum absolute atomic E-state index is 15.0. The quantitative estimate of drug-likeness (QED) is 0.872. The molecule has 1 saturated heterocycles. The summed E-state index contributed by atoms with van der Waals surface area (Å²) < 4.78 is 20.7. The van der Waals surface area contributed by atoms with E-state index in [1.807, 2.05) is 38.1 Å². The van der Waals surface area contributed by atoms with E-state index < -0.39 is 5.67 Å². The van der Waals surface area contributed by atoms with Gasteiger partial charge in [-0.05, 0) is 57.9 Å². The van der Waals surface area contributed by atoms with Crippen molar-refractivity contribution >= 4 is 0 Å². The minimum Gasteiger partial charge on any atom is -0.491 e. The Bertz CT molecular complexity index is 425. The number of piperidine rings is 1. The van der Waals surface area contributed by atoms with Crippen molar-refractivity contribution in [2.75, 3.05) is 6.54 Å². The largest absolute Gasteiger partial charge is 0.491 e. The number of alkyl halides is 1. The zero-order valence-electron chi connectivity index (χ0n) is 12.8. The zero-order chi connectivity index (χ0) is 14.6. The second kappa shape index (κ2) is 6.57. The molecule has 1 fully saturated rings. The van der Waals surface area contributed by atoms with Gasteiger partial charge in [0.2, 0.25) is 0 Å². The van der Waals surface area contributed by atoms with Gasteiger partial charge in [-0.2, -0.15) is 0 Å². The Kier molecular flexibility index (Phi) is 5.03. The maximum atomic E-state index is 15.0. The smallest absolute Gasteiger partial charge is 0.134 e. The van der Waals surface area contributed by atoms with Gasteiger partial charge in [-0.15, -0.1) is 0 Å². The van der Waals surface area contributed by atoms with Crippen molar-refractivity contribution < 1.29 is 9.13 Å². The van der Waals surface area contributed by atoms with Gasteiger partial charge in [-0.1, -0.05) is 18.6 Å². The molecule has 20 heavy (non-hydrogen) atoms. The number of nitrogens with one attached hydrogen (secondary N) is 1. The number of halogens is 1. The molecule has 1 aromatic rings. The van der Waals surface area contributed by atoms with Crippen molar-refractivity contribution in [1.29, 1.82) is 0 Å². The van der Waals surface area contributed by atoms with E-state index in [9.17, 15) is 0 Å². The van der Waals surface area contributed by atoms with Crippen LogP contribution >= 0.6 is 0 Å². The monoisotopic (exact) mass is 279 g/mol. The van der Waals surface area contributed by atoms with Gasteiger partial charge in [0, 0.05) is 12.5 Å². The van der Waals surface area contributed by atoms with Crippen LogP contribution in [0.3, 0.4) is 0 Å². The molecule has 0 aliphatic carbocycles. The molecule has 3 heteroatoms. The van der Waals surface area contributed by atoms with Crippen LogP contribution in [0.15, 0.2) is 24.3 Å². The Balaban J connectivity index is 2.07. The predicted octanol–water partition coefficient (Wildman–Crippen LogP) is 4.19. The first-order valence-corrected chi connectivity index (χ1v) is 7.67. The molecule has 2 atom stereocenters. The van der Waals surface area contributed by atoms with Gasteiger partial charge in [-0.3, -0.25) is 0 Å². The molecule has 2 rings (SSSR count). The molecule has 0 saturated carbocycles. The molecule has 1 aliphatic heterocycles. The Morgan fingerprint density at radius 2 is 2.20 bits per heavy atom. The molecule has 0 spiro atoms. The molecule has 0 amide bonds. The van der Waals surface area contributed by atoms with Crippen molar-refractivity contribution in [3.8, 4) is 5.75 Å². The molecule has 1 aromatic carbocycles. The van der Waals surface area contributed by atoms with Crippen molar-refractivity contribution in [2.24, 2.45) is 0 Å². The van der Waals surface area contributed by atoms with Crippen LogP contribution in [0.1, 0.15) is 52.0 Å². The molecule has 2 unspecified atom stereocenters. The highest BCUT2D eigenvalue weighted by atomic mass is 19.1. The molecule has 2 nitrogen and oxygen atoms in total. The molecule has 0 radical (unpaired) electrons. The highest BCUT2D eigenvalue weighted by Crippen LogP contribution is 2.34. The summed E-state index contributed by atoms with van der Waals surface area (Å²) in [6, 6.07) is 7.74. The molecule has 0 aromatic heterocycles. The molecule has 1 aliphatic rings. The van der Waals surface area contributed by atoms with Gasteiger partial charge < -0.3 is 10.1 Å². The lowest BCUT2D eigenvalue weighted by Gasteiger charge is -2.30. The summed E-state index contributed by atoms with van der Waals surface area (Å²) in [5, 5.41) is 3.42. The van der Waals surface area contributed by atoms with Crippen LogP contribution < -0.4 is 10.1 Å². The third-order valence-electron chi connectivity index (χ3n) is 3.85. The van der Waals surface area contributed by atoms with E-state index in [1.54, 1.807) is 6.92 Å². The van der Waals surface area contributed by atoms with Crippen LogP contribution in [-0.4, -0.2) is 18.7 Å². The molecule has 112 valence electrons. The van der Waals surface area contributed by atoms with E-state index in [1.165, 1.54) is 12.8 Å². The highest BCUT2D eigenvalue weighted by molar-refractivity contribution is 5.32. The van der Waals surface area contributed by atoms with E-state index >= 15 is 4.39 Å². The zero-order valence-corrected chi connectivity index (χ0v) is 12.8. The van der Waals surface area contributed by atoms with Crippen molar-refractivity contribution in [1.82, 2.24) is 5.32 Å². The lowest BCUT2D eigenvalue weighted by molar-refractivity contribution is 0.145. The maximum Gasteiger partial charge on any atom is 0.134 e. The number of benzene rings is 1. The fraction of sp³-hybridized carbons (Fsp3) is 0.647. The number of hydrogen-bond acceptors (Lipinski definition) is 2. The minimum atomic E-state index is -1.31. The third kappa shape index (κ3) is 4.20. The van der Waals surface area contributed by atoms with Gasteiger partial charge in [0.1, 0.15) is 11.4 Å². The van der Waals surface area contributed by atoms with E-state index in [2.05, 4.69) is 5.32 Å². The van der Waals surface area contributed by atoms with Crippen LogP contribution in [0, 0.1) is 0 Å². The lowest BCUT2D eigenvalue weighted by Crippen LogP contribution is -2.38. The van der Waals surface area contributed by atoms with Crippen LogP contribution in [-0.2, 0) is 5.67 Å². The Labute approximate surface area is 121 Å². The topological polar surface area (TPSA) is 21.3 Å². The van der Waals surface area contributed by atoms with Crippen LogP contribution in [0.25, 0.3) is 0 Å². The van der Waals surface area contributed by atoms with E-state index in [0.717, 1.165) is 18.7 Å². The van der Waals surface area contributed by atoms with E-state index in [-0.39, 0.29) is 12.1 Å². The second-order valence-electron chi connectivity index (χ2n) is 6.24. The summed E-state index contributed by atoms with van der Waals surface area (Å²) in [4.78, 5) is 0. The van der Waals surface area contributed by atoms with Gasteiger partial charge in [0.15, 0.2) is 0 Å². The first kappa shape index (κ1) is 15.3. The van der Waals surface area contributed by atoms with Crippen LogP contribution in [0.5, 0.6) is 5.75 Å². The Morgan fingerprint density at radius 3 is 2.85 bits per heavy atom. The Morgan fingerprint density at radius 1 is 1.40 bits per heavy atom. The summed E-state index contributed by atoms with van der Waals surface area (Å²) in [7, 11) is 0. The average molecular weight is 279 g/mol. The summed E-state index contributed by atoms with van der Waals surface area (Å²) in [6.07, 6.45) is 4.11. The normalized spacial score (nSPS) is 22.6. The molecule has 1 N–H and O–H groups in total. The van der Waals surface area contributed by atoms with Gasteiger partial charge in [0.25, 0.3) is 0 Å².